The molecule has 0 amide bonds. The zero-order valence-corrected chi connectivity index (χ0v) is 13.9. The van der Waals surface area contributed by atoms with Gasteiger partial charge in [0.25, 0.3) is 0 Å². The summed E-state index contributed by atoms with van der Waals surface area (Å²) in [4.78, 5) is 9.73. The van der Waals surface area contributed by atoms with E-state index in [4.69, 9.17) is 4.99 Å². The topological polar surface area (TPSA) is 18.8 Å². The van der Waals surface area contributed by atoms with Gasteiger partial charge < -0.3 is 9.80 Å². The molecule has 22 heavy (non-hydrogen) atoms. The fourth-order valence-electron chi connectivity index (χ4n) is 3.79. The zero-order valence-electron chi connectivity index (χ0n) is 13.9. The highest BCUT2D eigenvalue weighted by Crippen LogP contribution is 2.23. The van der Waals surface area contributed by atoms with Crippen molar-refractivity contribution >= 4 is 5.96 Å². The third-order valence-electron chi connectivity index (χ3n) is 5.01. The van der Waals surface area contributed by atoms with Crippen molar-refractivity contribution < 1.29 is 0 Å². The van der Waals surface area contributed by atoms with Crippen LogP contribution in [0.25, 0.3) is 0 Å². The minimum atomic E-state index is 0.847. The first-order valence-corrected chi connectivity index (χ1v) is 8.95. The first kappa shape index (κ1) is 15.4. The molecule has 1 saturated heterocycles. The van der Waals surface area contributed by atoms with Gasteiger partial charge in [-0.25, -0.2) is 0 Å². The minimum Gasteiger partial charge on any atom is -0.343 e. The van der Waals surface area contributed by atoms with Gasteiger partial charge in [0.15, 0.2) is 5.96 Å². The fraction of sp³-hybridized carbons (Fsp3) is 0.632. The van der Waals surface area contributed by atoms with Gasteiger partial charge in [-0.1, -0.05) is 30.3 Å². The Morgan fingerprint density at radius 3 is 2.86 bits per heavy atom. The van der Waals surface area contributed by atoms with E-state index in [1.54, 1.807) is 0 Å². The SMILES string of the molecule is CCN1CCN=C1N1CCCC(CCCc2ccccc2)C1. The minimum absolute atomic E-state index is 0.847. The summed E-state index contributed by atoms with van der Waals surface area (Å²) in [7, 11) is 0. The summed E-state index contributed by atoms with van der Waals surface area (Å²) in [5, 5.41) is 0. The van der Waals surface area contributed by atoms with Crippen molar-refractivity contribution in [2.24, 2.45) is 10.9 Å². The maximum Gasteiger partial charge on any atom is 0.196 e. The number of likely N-dealkylation sites (tertiary alicyclic amines) is 1. The van der Waals surface area contributed by atoms with Gasteiger partial charge >= 0.3 is 0 Å². The summed E-state index contributed by atoms with van der Waals surface area (Å²) in [6, 6.07) is 10.9. The predicted octanol–water partition coefficient (Wildman–Crippen LogP) is 3.41. The zero-order chi connectivity index (χ0) is 15.2. The molecular formula is C19H29N3. The second-order valence-electron chi connectivity index (χ2n) is 6.59. The van der Waals surface area contributed by atoms with E-state index in [2.05, 4.69) is 47.1 Å². The van der Waals surface area contributed by atoms with Gasteiger partial charge in [0.05, 0.1) is 6.54 Å². The summed E-state index contributed by atoms with van der Waals surface area (Å²) in [6.07, 6.45) is 6.61. The summed E-state index contributed by atoms with van der Waals surface area (Å²) >= 11 is 0. The van der Waals surface area contributed by atoms with Crippen molar-refractivity contribution in [3.05, 3.63) is 35.9 Å². The molecule has 0 N–H and O–H groups in total. The van der Waals surface area contributed by atoms with Crippen molar-refractivity contribution in [1.82, 2.24) is 9.80 Å². The van der Waals surface area contributed by atoms with E-state index >= 15 is 0 Å². The van der Waals surface area contributed by atoms with Crippen molar-refractivity contribution in [1.29, 1.82) is 0 Å². The molecule has 0 aliphatic carbocycles. The molecule has 1 fully saturated rings. The number of piperidine rings is 1. The molecule has 1 aromatic rings. The van der Waals surface area contributed by atoms with Crippen LogP contribution in [-0.4, -0.2) is 48.5 Å². The number of nitrogens with zero attached hydrogens (tertiary/aromatic N) is 3. The molecule has 2 heterocycles. The van der Waals surface area contributed by atoms with E-state index < -0.39 is 0 Å². The molecule has 3 nitrogen and oxygen atoms in total. The van der Waals surface area contributed by atoms with E-state index in [9.17, 15) is 0 Å². The largest absolute Gasteiger partial charge is 0.343 e. The average molecular weight is 299 g/mol. The van der Waals surface area contributed by atoms with Gasteiger partial charge in [-0.05, 0) is 50.5 Å². The number of hydrogen-bond acceptors (Lipinski definition) is 3. The highest BCUT2D eigenvalue weighted by Gasteiger charge is 2.26. The number of likely N-dealkylation sites (N-methyl/N-ethyl adjacent to an activating group) is 1. The number of benzene rings is 1. The van der Waals surface area contributed by atoms with E-state index in [1.807, 2.05) is 0 Å². The second-order valence-corrected chi connectivity index (χ2v) is 6.59. The average Bonchev–Trinajstić information content (AvgIpc) is 3.05. The smallest absolute Gasteiger partial charge is 0.196 e. The lowest BCUT2D eigenvalue weighted by atomic mass is 9.92. The quantitative estimate of drug-likeness (QED) is 0.829. The Morgan fingerprint density at radius 2 is 2.05 bits per heavy atom. The van der Waals surface area contributed by atoms with Gasteiger partial charge in [0.2, 0.25) is 0 Å². The van der Waals surface area contributed by atoms with Crippen molar-refractivity contribution in [3.63, 3.8) is 0 Å². The molecule has 1 aromatic carbocycles. The van der Waals surface area contributed by atoms with Gasteiger partial charge in [-0.3, -0.25) is 4.99 Å². The maximum absolute atomic E-state index is 4.74. The molecule has 3 heteroatoms. The first-order chi connectivity index (χ1) is 10.9. The van der Waals surface area contributed by atoms with Crippen LogP contribution in [0.1, 0.15) is 38.2 Å². The summed E-state index contributed by atoms with van der Waals surface area (Å²) in [5.41, 5.74) is 1.48. The van der Waals surface area contributed by atoms with Crippen molar-refractivity contribution in [2.75, 3.05) is 32.7 Å². The Labute approximate surface area is 135 Å². The lowest BCUT2D eigenvalue weighted by Gasteiger charge is -2.37. The molecule has 0 aromatic heterocycles. The van der Waals surface area contributed by atoms with E-state index in [0.717, 1.165) is 25.6 Å². The van der Waals surface area contributed by atoms with Crippen LogP contribution in [0.4, 0.5) is 0 Å². The van der Waals surface area contributed by atoms with Gasteiger partial charge in [-0.15, -0.1) is 0 Å². The molecule has 0 bridgehead atoms. The molecule has 2 aliphatic rings. The first-order valence-electron chi connectivity index (χ1n) is 8.95. The summed E-state index contributed by atoms with van der Waals surface area (Å²) in [5.74, 6) is 2.12. The Kier molecular flexibility index (Phi) is 5.36. The fourth-order valence-corrected chi connectivity index (χ4v) is 3.79. The number of aliphatic imine (C=N–C) groups is 1. The molecule has 0 saturated carbocycles. The van der Waals surface area contributed by atoms with Crippen LogP contribution in [0.3, 0.4) is 0 Å². The number of hydrogen-bond donors (Lipinski definition) is 0. The number of rotatable bonds is 5. The van der Waals surface area contributed by atoms with E-state index in [-0.39, 0.29) is 0 Å². The van der Waals surface area contributed by atoms with Crippen LogP contribution in [0.2, 0.25) is 0 Å². The predicted molar refractivity (Wildman–Crippen MR) is 93.2 cm³/mol. The Morgan fingerprint density at radius 1 is 1.18 bits per heavy atom. The normalized spacial score (nSPS) is 22.0. The Hall–Kier alpha value is -1.51. The second kappa shape index (κ2) is 7.66. The molecule has 3 rings (SSSR count). The van der Waals surface area contributed by atoms with Crippen molar-refractivity contribution in [2.45, 2.75) is 39.0 Å². The van der Waals surface area contributed by atoms with E-state index in [1.165, 1.54) is 56.7 Å². The molecule has 0 radical (unpaired) electrons. The van der Waals surface area contributed by atoms with Gasteiger partial charge in [0, 0.05) is 26.2 Å². The monoisotopic (exact) mass is 299 g/mol. The van der Waals surface area contributed by atoms with Gasteiger partial charge in [0.1, 0.15) is 0 Å². The Balaban J connectivity index is 1.47. The summed E-state index contributed by atoms with van der Waals surface area (Å²) in [6.45, 7) is 7.84. The highest BCUT2D eigenvalue weighted by molar-refractivity contribution is 5.81. The van der Waals surface area contributed by atoms with Crippen LogP contribution in [0.15, 0.2) is 35.3 Å². The number of guanidine groups is 1. The summed E-state index contributed by atoms with van der Waals surface area (Å²) < 4.78 is 0. The van der Waals surface area contributed by atoms with Crippen LogP contribution in [0.5, 0.6) is 0 Å². The lowest BCUT2D eigenvalue weighted by molar-refractivity contribution is 0.224. The Bertz CT molecular complexity index is 483. The van der Waals surface area contributed by atoms with Crippen LogP contribution in [0, 0.1) is 5.92 Å². The molecular weight excluding hydrogens is 270 g/mol. The van der Waals surface area contributed by atoms with Crippen LogP contribution < -0.4 is 0 Å². The molecule has 2 aliphatic heterocycles. The molecule has 120 valence electrons. The number of aryl methyl sites for hydroxylation is 1. The third kappa shape index (κ3) is 3.82. The van der Waals surface area contributed by atoms with Crippen LogP contribution >= 0.6 is 0 Å². The lowest BCUT2D eigenvalue weighted by Crippen LogP contribution is -2.46. The van der Waals surface area contributed by atoms with Crippen LogP contribution in [-0.2, 0) is 6.42 Å². The van der Waals surface area contributed by atoms with E-state index in [0.29, 0.717) is 0 Å². The highest BCUT2D eigenvalue weighted by atomic mass is 15.4. The molecule has 0 spiro atoms. The van der Waals surface area contributed by atoms with Gasteiger partial charge in [-0.2, -0.15) is 0 Å². The third-order valence-corrected chi connectivity index (χ3v) is 5.01. The van der Waals surface area contributed by atoms with Crippen molar-refractivity contribution in [3.8, 4) is 0 Å². The molecule has 1 unspecified atom stereocenters. The standard InChI is InChI=1S/C19H29N3/c1-2-21-15-13-20-19(21)22-14-7-12-18(16-22)11-6-10-17-8-4-3-5-9-17/h3-5,8-9,18H,2,6-7,10-16H2,1H3. The molecule has 1 atom stereocenters. The maximum atomic E-state index is 4.74.